The molecule has 1 saturated heterocycles. The van der Waals surface area contributed by atoms with Crippen LogP contribution < -0.4 is 9.64 Å². The van der Waals surface area contributed by atoms with Crippen LogP contribution in [0.1, 0.15) is 94.4 Å². The van der Waals surface area contributed by atoms with Crippen LogP contribution in [0, 0.1) is 0 Å². The standard InChI is InChI=1S/C51H59N3O16S3/c1-50(2)34-37(21-25-68-27-26-67-4)39-32-40-36(30-44(35-12-6-5-7-13-35)69-45(40)33-43(39)53(50)24-11-29-72(61,62)63)14-8-15-46-51(3,22-9-16-49(57)70-54-47(55)19-20-48(54)56)41-31-38(73(64,65)66)17-18-42(41)52(46)23-10-28-71(58,59)60/h5-8,12-15,17-18,30-34H,9-11,16,19-29H2,1-4H3,(H2-,58,59,60,61,62,63,64,65,66)/p+1. The highest BCUT2D eigenvalue weighted by Gasteiger charge is 2.48. The predicted octanol–water partition coefficient (Wildman–Crippen LogP) is 6.73. The summed E-state index contributed by atoms with van der Waals surface area (Å²) >= 11 is 0. The largest absolute Gasteiger partial charge is 0.456 e. The molecule has 0 saturated carbocycles. The Kier molecular flexibility index (Phi) is 16.8. The van der Waals surface area contributed by atoms with Gasteiger partial charge in [0.15, 0.2) is 5.71 Å². The van der Waals surface area contributed by atoms with Crippen LogP contribution in [0.2, 0.25) is 0 Å². The molecular weight excluding hydrogens is 1010 g/mol. The molecule has 0 aliphatic carbocycles. The van der Waals surface area contributed by atoms with E-state index in [1.165, 1.54) is 18.2 Å². The van der Waals surface area contributed by atoms with E-state index in [0.717, 1.165) is 22.4 Å². The van der Waals surface area contributed by atoms with Crippen molar-refractivity contribution in [1.82, 2.24) is 5.06 Å². The molecule has 3 N–H and O–H groups in total. The average molecular weight is 1070 g/mol. The van der Waals surface area contributed by atoms with Crippen molar-refractivity contribution in [2.24, 2.45) is 0 Å². The van der Waals surface area contributed by atoms with Gasteiger partial charge in [0.25, 0.3) is 42.2 Å². The lowest BCUT2D eigenvalue weighted by Gasteiger charge is -2.44. The zero-order valence-corrected chi connectivity index (χ0v) is 43.4. The Morgan fingerprint density at radius 1 is 0.849 bits per heavy atom. The number of hydroxylamine groups is 2. The monoisotopic (exact) mass is 1070 g/mol. The third-order valence-electron chi connectivity index (χ3n) is 13.1. The van der Waals surface area contributed by atoms with Crippen molar-refractivity contribution in [3.8, 4) is 5.75 Å². The molecule has 19 nitrogen and oxygen atoms in total. The number of fused-ring (bicyclic) bond motifs is 3. The molecule has 0 bridgehead atoms. The fraction of sp³-hybridized carbons (Fsp3) is 0.412. The van der Waals surface area contributed by atoms with Crippen molar-refractivity contribution >= 4 is 82.1 Å². The summed E-state index contributed by atoms with van der Waals surface area (Å²) in [5.41, 5.74) is 4.50. The fourth-order valence-electron chi connectivity index (χ4n) is 9.68. The summed E-state index contributed by atoms with van der Waals surface area (Å²) in [6, 6.07) is 17.4. The van der Waals surface area contributed by atoms with Gasteiger partial charge in [-0.15, -0.1) is 5.06 Å². The molecule has 3 aromatic carbocycles. The fourth-order valence-corrected chi connectivity index (χ4v) is 11.2. The van der Waals surface area contributed by atoms with Gasteiger partial charge in [0.1, 0.15) is 18.1 Å². The number of methoxy groups -OCH3 is 1. The lowest BCUT2D eigenvalue weighted by atomic mass is 9.75. The minimum absolute atomic E-state index is 0.0350. The third-order valence-corrected chi connectivity index (χ3v) is 15.6. The molecule has 73 heavy (non-hydrogen) atoms. The highest BCUT2D eigenvalue weighted by molar-refractivity contribution is 7.86. The van der Waals surface area contributed by atoms with Gasteiger partial charge < -0.3 is 23.9 Å². The molecule has 392 valence electrons. The Labute approximate surface area is 425 Å². The zero-order chi connectivity index (χ0) is 52.9. The van der Waals surface area contributed by atoms with Gasteiger partial charge in [-0.1, -0.05) is 48.6 Å². The van der Waals surface area contributed by atoms with Crippen molar-refractivity contribution in [1.29, 1.82) is 0 Å². The van der Waals surface area contributed by atoms with Crippen LogP contribution in [0.5, 0.6) is 5.75 Å². The van der Waals surface area contributed by atoms with Gasteiger partial charge in [0.2, 0.25) is 5.69 Å². The van der Waals surface area contributed by atoms with E-state index in [2.05, 4.69) is 11.0 Å². The summed E-state index contributed by atoms with van der Waals surface area (Å²) in [4.78, 5) is 44.2. The Hall–Kier alpha value is -5.85. The number of rotatable bonds is 23. The Bertz CT molecular complexity index is 3150. The number of anilines is 1. The third kappa shape index (κ3) is 13.3. The van der Waals surface area contributed by atoms with Gasteiger partial charge in [0.05, 0.1) is 47.2 Å². The van der Waals surface area contributed by atoms with Gasteiger partial charge in [-0.2, -0.15) is 29.8 Å². The van der Waals surface area contributed by atoms with Gasteiger partial charge in [-0.05, 0) is 81.9 Å². The Balaban J connectivity index is 1.34. The van der Waals surface area contributed by atoms with Crippen molar-refractivity contribution < 1.29 is 76.9 Å². The van der Waals surface area contributed by atoms with E-state index in [1.54, 1.807) is 23.8 Å². The molecule has 2 amide bonds. The molecule has 7 rings (SSSR count). The Morgan fingerprint density at radius 2 is 1.55 bits per heavy atom. The lowest BCUT2D eigenvalue weighted by molar-refractivity contribution is -0.437. The number of ether oxygens (including phenoxy) is 3. The first-order valence-corrected chi connectivity index (χ1v) is 28.4. The molecule has 4 aliphatic rings. The normalized spacial score (nSPS) is 19.2. The van der Waals surface area contributed by atoms with E-state index >= 15 is 0 Å². The van der Waals surface area contributed by atoms with Crippen molar-refractivity contribution in [3.05, 3.63) is 113 Å². The van der Waals surface area contributed by atoms with E-state index in [-0.39, 0.29) is 58.0 Å². The molecule has 0 aromatic heterocycles. The molecule has 4 heterocycles. The summed E-state index contributed by atoms with van der Waals surface area (Å²) in [5.74, 6) is -2.12. The molecule has 1 atom stereocenters. The summed E-state index contributed by atoms with van der Waals surface area (Å²) < 4.78 is 122. The number of benzene rings is 3. The van der Waals surface area contributed by atoms with Crippen molar-refractivity contribution in [2.45, 2.75) is 88.0 Å². The number of allylic oxidation sites excluding steroid dienone is 5. The first-order chi connectivity index (χ1) is 34.4. The van der Waals surface area contributed by atoms with E-state index in [4.69, 9.17) is 19.0 Å². The van der Waals surface area contributed by atoms with Gasteiger partial charge in [-0.3, -0.25) is 23.2 Å². The number of hydrogen-bond donors (Lipinski definition) is 3. The van der Waals surface area contributed by atoms with Crippen LogP contribution >= 0.6 is 0 Å². The summed E-state index contributed by atoms with van der Waals surface area (Å²) in [5, 5.41) is 0.459. The molecule has 4 aliphatic heterocycles. The van der Waals surface area contributed by atoms with E-state index in [1.807, 2.05) is 75.4 Å². The molecule has 0 spiro atoms. The van der Waals surface area contributed by atoms with E-state index in [0.29, 0.717) is 70.9 Å². The number of imide groups is 1. The lowest BCUT2D eigenvalue weighted by Crippen LogP contribution is -2.46. The zero-order valence-electron chi connectivity index (χ0n) is 41.0. The average Bonchev–Trinajstić information content (AvgIpc) is 3.75. The maximum atomic E-state index is 13.0. The second-order valence-electron chi connectivity index (χ2n) is 18.9. The molecule has 22 heteroatoms. The maximum Gasteiger partial charge on any atom is 0.333 e. The molecular formula is C51H60N3O16S3+. The smallest absolute Gasteiger partial charge is 0.333 e. The van der Waals surface area contributed by atoms with Crippen LogP contribution in [0.4, 0.5) is 11.4 Å². The number of carbonyl (C=O) groups is 3. The van der Waals surface area contributed by atoms with Crippen molar-refractivity contribution in [2.75, 3.05) is 56.4 Å². The maximum absolute atomic E-state index is 13.0. The summed E-state index contributed by atoms with van der Waals surface area (Å²) in [7, 11) is -11.7. The Morgan fingerprint density at radius 3 is 2.22 bits per heavy atom. The molecule has 0 radical (unpaired) electrons. The minimum Gasteiger partial charge on any atom is -0.456 e. The highest BCUT2D eigenvalue weighted by atomic mass is 32.2. The second-order valence-corrected chi connectivity index (χ2v) is 23.4. The molecule has 1 unspecified atom stereocenters. The number of amides is 2. The van der Waals surface area contributed by atoms with E-state index in [9.17, 15) is 53.3 Å². The molecule has 1 fully saturated rings. The van der Waals surface area contributed by atoms with E-state index < -0.39 is 75.5 Å². The second kappa shape index (κ2) is 22.3. The van der Waals surface area contributed by atoms with Gasteiger partial charge >= 0.3 is 5.97 Å². The van der Waals surface area contributed by atoms with Crippen LogP contribution in [0.3, 0.4) is 0 Å². The van der Waals surface area contributed by atoms with Crippen LogP contribution in [0.15, 0.2) is 95.9 Å². The first kappa shape index (κ1) is 54.9. The quantitative estimate of drug-likeness (QED) is 0.0385. The first-order valence-electron chi connectivity index (χ1n) is 23.7. The number of carbonyl (C=O) groups excluding carboxylic acids is 3. The van der Waals surface area contributed by atoms with Crippen LogP contribution in [0.25, 0.3) is 16.9 Å². The van der Waals surface area contributed by atoms with Crippen LogP contribution in [-0.4, -0.2) is 129 Å². The predicted molar refractivity (Wildman–Crippen MR) is 272 cm³/mol. The van der Waals surface area contributed by atoms with Crippen molar-refractivity contribution in [3.63, 3.8) is 0 Å². The SMILES string of the molecule is COCCOCCC1=CC(C)(C)N(CCCS(=O)(=O)O)c2cc3c(cc21)/C(=C/C=C/C1=[N+](CCCS(=O)(=O)O)c2ccc(S(=O)(=O)O)cc2C1(C)CCCC(=O)ON1C(=O)CCC1=O)C=C(c1ccccc1)O3. The van der Waals surface area contributed by atoms with Gasteiger partial charge in [0, 0.05) is 85.5 Å². The summed E-state index contributed by atoms with van der Waals surface area (Å²) in [6.07, 6.45) is 9.91. The number of nitrogens with zero attached hydrogens (tertiary/aromatic N) is 3. The molecule has 3 aromatic rings. The topological polar surface area (TPSA) is 261 Å². The van der Waals surface area contributed by atoms with Crippen LogP contribution in [-0.2, 0) is 64.5 Å². The minimum atomic E-state index is -4.72. The number of hydrogen-bond acceptors (Lipinski definition) is 14. The summed E-state index contributed by atoms with van der Waals surface area (Å²) in [6.45, 7) is 7.37. The highest BCUT2D eigenvalue weighted by Crippen LogP contribution is 2.48. The van der Waals surface area contributed by atoms with Gasteiger partial charge in [-0.25, -0.2) is 4.79 Å².